The van der Waals surface area contributed by atoms with Crippen LogP contribution in [0.15, 0.2) is 36.5 Å². The fourth-order valence-corrected chi connectivity index (χ4v) is 8.80. The third-order valence-corrected chi connectivity index (χ3v) is 13.2. The summed E-state index contributed by atoms with van der Waals surface area (Å²) in [6.07, 6.45) is 72.7. The van der Waals surface area contributed by atoms with Gasteiger partial charge in [-0.05, 0) is 51.4 Å². The average molecular weight is 914 g/mol. The monoisotopic (exact) mass is 913 g/mol. The zero-order valence-electron chi connectivity index (χ0n) is 43.8. The molecule has 0 aromatic rings. The molecule has 5 heteroatoms. The van der Waals surface area contributed by atoms with Crippen molar-refractivity contribution in [3.05, 3.63) is 36.5 Å². The molecule has 0 fully saturated rings. The van der Waals surface area contributed by atoms with Crippen molar-refractivity contribution in [1.29, 1.82) is 0 Å². The SMILES string of the molecule is CCCCCCC/C=C\C/C=C\C/C=C\CCCCCCCCC(=O)OC(CO)COC(=O)CCCCCCCCCCCCCCCCCCCCCCCCCCCCCCCC. The third-order valence-electron chi connectivity index (χ3n) is 13.2. The number of hydrogen-bond donors (Lipinski definition) is 1. The van der Waals surface area contributed by atoms with E-state index in [2.05, 4.69) is 50.3 Å². The molecule has 0 aromatic heterocycles. The van der Waals surface area contributed by atoms with Gasteiger partial charge in [-0.25, -0.2) is 0 Å². The van der Waals surface area contributed by atoms with E-state index in [9.17, 15) is 14.7 Å². The van der Waals surface area contributed by atoms with Gasteiger partial charge in [0.05, 0.1) is 6.61 Å². The van der Waals surface area contributed by atoms with Gasteiger partial charge in [0.15, 0.2) is 6.10 Å². The fraction of sp³-hybridized carbons (Fsp3) is 0.867. The Bertz CT molecular complexity index is 1030. The summed E-state index contributed by atoms with van der Waals surface area (Å²) in [6.45, 7) is 4.16. The second kappa shape index (κ2) is 56.4. The van der Waals surface area contributed by atoms with Crippen LogP contribution in [-0.2, 0) is 19.1 Å². The zero-order chi connectivity index (χ0) is 47.0. The van der Waals surface area contributed by atoms with Crippen molar-refractivity contribution in [3.63, 3.8) is 0 Å². The first-order chi connectivity index (χ1) is 32.1. The molecule has 0 heterocycles. The molecule has 0 saturated carbocycles. The van der Waals surface area contributed by atoms with Crippen LogP contribution in [0.3, 0.4) is 0 Å². The van der Waals surface area contributed by atoms with Crippen LogP contribution >= 0.6 is 0 Å². The van der Waals surface area contributed by atoms with Crippen LogP contribution in [0.1, 0.15) is 316 Å². The number of rotatable bonds is 54. The molecule has 65 heavy (non-hydrogen) atoms. The van der Waals surface area contributed by atoms with Crippen molar-refractivity contribution in [2.75, 3.05) is 13.2 Å². The van der Waals surface area contributed by atoms with Gasteiger partial charge in [0.25, 0.3) is 0 Å². The van der Waals surface area contributed by atoms with Crippen LogP contribution in [0.4, 0.5) is 0 Å². The highest BCUT2D eigenvalue weighted by Gasteiger charge is 2.16. The van der Waals surface area contributed by atoms with E-state index in [0.717, 1.165) is 57.8 Å². The standard InChI is InChI=1S/C60H112O5/c1-3-5-7-9-11-13-15-17-19-21-23-25-26-27-28-29-30-31-32-33-35-36-38-40-42-44-46-48-50-52-54-59(62)64-57-58(56-61)65-60(63)55-53-51-49-47-45-43-41-39-37-34-24-22-20-18-16-14-12-10-8-6-4-2/h16,18,22,24,37,39,58,61H,3-15,17,19-21,23,25-36,38,40-57H2,1-2H3/b18-16-,24-22-,39-37-. The minimum absolute atomic E-state index is 0.0674. The van der Waals surface area contributed by atoms with Gasteiger partial charge in [0, 0.05) is 12.8 Å². The molecule has 0 aliphatic heterocycles. The summed E-state index contributed by atoms with van der Waals surface area (Å²) in [5, 5.41) is 9.65. The summed E-state index contributed by atoms with van der Waals surface area (Å²) in [7, 11) is 0. The van der Waals surface area contributed by atoms with Crippen molar-refractivity contribution in [1.82, 2.24) is 0 Å². The molecule has 1 unspecified atom stereocenters. The van der Waals surface area contributed by atoms with Crippen molar-refractivity contribution >= 4 is 11.9 Å². The Hall–Kier alpha value is -1.88. The number of hydrogen-bond acceptors (Lipinski definition) is 5. The summed E-state index contributed by atoms with van der Waals surface area (Å²) in [6, 6.07) is 0. The van der Waals surface area contributed by atoms with Gasteiger partial charge in [-0.15, -0.1) is 0 Å². The van der Waals surface area contributed by atoms with E-state index >= 15 is 0 Å². The molecule has 0 radical (unpaired) electrons. The number of carbonyl (C=O) groups is 2. The first-order valence-electron chi connectivity index (χ1n) is 29.0. The van der Waals surface area contributed by atoms with Crippen molar-refractivity contribution in [2.45, 2.75) is 322 Å². The number of allylic oxidation sites excluding steroid dienone is 6. The van der Waals surface area contributed by atoms with E-state index in [-0.39, 0.29) is 25.2 Å². The molecule has 382 valence electrons. The first kappa shape index (κ1) is 63.1. The van der Waals surface area contributed by atoms with Gasteiger partial charge < -0.3 is 14.6 Å². The number of esters is 2. The maximum atomic E-state index is 12.3. The van der Waals surface area contributed by atoms with Gasteiger partial charge >= 0.3 is 11.9 Å². The van der Waals surface area contributed by atoms with E-state index in [0.29, 0.717) is 12.8 Å². The minimum Gasteiger partial charge on any atom is -0.462 e. The normalized spacial score (nSPS) is 12.4. The topological polar surface area (TPSA) is 72.8 Å². The Labute approximate surface area is 406 Å². The molecule has 1 atom stereocenters. The van der Waals surface area contributed by atoms with Crippen LogP contribution in [0, 0.1) is 0 Å². The lowest BCUT2D eigenvalue weighted by atomic mass is 10.0. The second-order valence-corrected chi connectivity index (χ2v) is 19.7. The predicted octanol–water partition coefficient (Wildman–Crippen LogP) is 19.5. The lowest BCUT2D eigenvalue weighted by molar-refractivity contribution is -0.161. The fourth-order valence-electron chi connectivity index (χ4n) is 8.80. The highest BCUT2D eigenvalue weighted by molar-refractivity contribution is 5.70. The highest BCUT2D eigenvalue weighted by atomic mass is 16.6. The molecule has 0 aromatic carbocycles. The molecule has 0 bridgehead atoms. The van der Waals surface area contributed by atoms with Crippen LogP contribution in [-0.4, -0.2) is 36.4 Å². The number of aliphatic hydroxyl groups excluding tert-OH is 1. The molecule has 0 aliphatic carbocycles. The van der Waals surface area contributed by atoms with Crippen LogP contribution in [0.25, 0.3) is 0 Å². The van der Waals surface area contributed by atoms with E-state index in [4.69, 9.17) is 9.47 Å². The van der Waals surface area contributed by atoms with Crippen molar-refractivity contribution in [2.24, 2.45) is 0 Å². The molecule has 1 N–H and O–H groups in total. The van der Waals surface area contributed by atoms with Crippen LogP contribution in [0.5, 0.6) is 0 Å². The quantitative estimate of drug-likeness (QED) is 0.0374. The van der Waals surface area contributed by atoms with E-state index < -0.39 is 6.10 Å². The van der Waals surface area contributed by atoms with Crippen LogP contribution < -0.4 is 0 Å². The van der Waals surface area contributed by atoms with Gasteiger partial charge in [-0.1, -0.05) is 288 Å². The third kappa shape index (κ3) is 54.6. The van der Waals surface area contributed by atoms with Gasteiger partial charge in [-0.3, -0.25) is 9.59 Å². The number of ether oxygens (including phenoxy) is 2. The second-order valence-electron chi connectivity index (χ2n) is 19.7. The lowest BCUT2D eigenvalue weighted by Crippen LogP contribution is -2.28. The summed E-state index contributed by atoms with van der Waals surface area (Å²) in [5.74, 6) is -0.590. The largest absolute Gasteiger partial charge is 0.462 e. The number of carbonyl (C=O) groups excluding carboxylic acids is 2. The maximum absolute atomic E-state index is 12.3. The van der Waals surface area contributed by atoms with E-state index in [1.165, 1.54) is 231 Å². The van der Waals surface area contributed by atoms with E-state index in [1.54, 1.807) is 0 Å². The van der Waals surface area contributed by atoms with Crippen molar-refractivity contribution < 1.29 is 24.2 Å². The Morgan fingerprint density at radius 1 is 0.354 bits per heavy atom. The molecule has 0 spiro atoms. The Balaban J connectivity index is 3.44. The maximum Gasteiger partial charge on any atom is 0.306 e. The van der Waals surface area contributed by atoms with Gasteiger partial charge in [0.2, 0.25) is 0 Å². The summed E-state index contributed by atoms with van der Waals surface area (Å²) < 4.78 is 10.7. The predicted molar refractivity (Wildman–Crippen MR) is 284 cm³/mol. The summed E-state index contributed by atoms with van der Waals surface area (Å²) >= 11 is 0. The molecule has 0 aliphatic rings. The van der Waals surface area contributed by atoms with Gasteiger partial charge in [0.1, 0.15) is 6.61 Å². The number of aliphatic hydroxyl groups is 1. The summed E-state index contributed by atoms with van der Waals surface area (Å²) in [4.78, 5) is 24.5. The smallest absolute Gasteiger partial charge is 0.306 e. The minimum atomic E-state index is -0.778. The molecule has 0 amide bonds. The molecular weight excluding hydrogens is 801 g/mol. The molecule has 0 saturated heterocycles. The highest BCUT2D eigenvalue weighted by Crippen LogP contribution is 2.17. The Morgan fingerprint density at radius 3 is 0.923 bits per heavy atom. The number of unbranched alkanes of at least 4 members (excludes halogenated alkanes) is 40. The van der Waals surface area contributed by atoms with E-state index in [1.807, 2.05) is 0 Å². The van der Waals surface area contributed by atoms with Crippen LogP contribution in [0.2, 0.25) is 0 Å². The van der Waals surface area contributed by atoms with Gasteiger partial charge in [-0.2, -0.15) is 0 Å². The Kier molecular flexibility index (Phi) is 54.8. The molecule has 5 nitrogen and oxygen atoms in total. The summed E-state index contributed by atoms with van der Waals surface area (Å²) in [5.41, 5.74) is 0. The average Bonchev–Trinajstić information content (AvgIpc) is 3.31. The molecule has 0 rings (SSSR count). The molecular formula is C60H112O5. The first-order valence-corrected chi connectivity index (χ1v) is 29.0. The zero-order valence-corrected chi connectivity index (χ0v) is 43.8. The lowest BCUT2D eigenvalue weighted by Gasteiger charge is -2.15. The van der Waals surface area contributed by atoms with Crippen molar-refractivity contribution in [3.8, 4) is 0 Å². The Morgan fingerprint density at radius 2 is 0.615 bits per heavy atom.